The third-order valence-corrected chi connectivity index (χ3v) is 3.83. The molecule has 3 heteroatoms. The Morgan fingerprint density at radius 1 is 1.11 bits per heavy atom. The molecule has 3 rings (SSSR count). The van der Waals surface area contributed by atoms with E-state index in [0.717, 1.165) is 17.4 Å². The van der Waals surface area contributed by atoms with Crippen LogP contribution in [0.4, 0.5) is 5.82 Å². The van der Waals surface area contributed by atoms with Crippen molar-refractivity contribution in [2.45, 2.75) is 18.3 Å². The Bertz CT molecular complexity index is 518. The molecule has 0 spiro atoms. The SMILES string of the molecule is Clc1ccc(C2(CNc3ccccn3)CC2)cc1. The first-order valence-corrected chi connectivity index (χ1v) is 6.57. The van der Waals surface area contributed by atoms with Crippen molar-refractivity contribution in [2.75, 3.05) is 11.9 Å². The second kappa shape index (κ2) is 4.62. The minimum Gasteiger partial charge on any atom is -0.369 e. The van der Waals surface area contributed by atoms with Gasteiger partial charge in [0.25, 0.3) is 0 Å². The smallest absolute Gasteiger partial charge is 0.125 e. The monoisotopic (exact) mass is 258 g/mol. The Morgan fingerprint density at radius 3 is 2.50 bits per heavy atom. The highest BCUT2D eigenvalue weighted by Gasteiger charge is 2.43. The topological polar surface area (TPSA) is 24.9 Å². The number of hydrogen-bond donors (Lipinski definition) is 1. The Labute approximate surface area is 112 Å². The zero-order valence-electron chi connectivity index (χ0n) is 10.1. The largest absolute Gasteiger partial charge is 0.369 e. The molecule has 0 atom stereocenters. The summed E-state index contributed by atoms with van der Waals surface area (Å²) in [5, 5.41) is 4.21. The number of benzene rings is 1. The van der Waals surface area contributed by atoms with E-state index in [4.69, 9.17) is 11.6 Å². The minimum atomic E-state index is 0.280. The van der Waals surface area contributed by atoms with Gasteiger partial charge in [-0.2, -0.15) is 0 Å². The second-order valence-electron chi connectivity index (χ2n) is 4.86. The third-order valence-electron chi connectivity index (χ3n) is 3.58. The van der Waals surface area contributed by atoms with Crippen LogP contribution >= 0.6 is 11.6 Å². The van der Waals surface area contributed by atoms with Crippen molar-refractivity contribution >= 4 is 17.4 Å². The van der Waals surface area contributed by atoms with Crippen LogP contribution in [0.5, 0.6) is 0 Å². The summed E-state index contributed by atoms with van der Waals surface area (Å²) >= 11 is 5.93. The molecule has 1 fully saturated rings. The first-order chi connectivity index (χ1) is 8.78. The molecule has 1 aromatic carbocycles. The summed E-state index contributed by atoms with van der Waals surface area (Å²) in [6.07, 6.45) is 4.27. The number of rotatable bonds is 4. The Balaban J connectivity index is 1.70. The number of nitrogens with zero attached hydrogens (tertiary/aromatic N) is 1. The van der Waals surface area contributed by atoms with Gasteiger partial charge in [0.1, 0.15) is 5.82 Å². The van der Waals surface area contributed by atoms with Crippen molar-refractivity contribution in [1.82, 2.24) is 4.98 Å². The second-order valence-corrected chi connectivity index (χ2v) is 5.29. The van der Waals surface area contributed by atoms with Crippen molar-refractivity contribution in [3.05, 3.63) is 59.2 Å². The van der Waals surface area contributed by atoms with Gasteiger partial charge in [0.15, 0.2) is 0 Å². The fourth-order valence-corrected chi connectivity index (χ4v) is 2.37. The molecule has 18 heavy (non-hydrogen) atoms. The quantitative estimate of drug-likeness (QED) is 0.900. The van der Waals surface area contributed by atoms with Crippen molar-refractivity contribution < 1.29 is 0 Å². The van der Waals surface area contributed by atoms with Gasteiger partial charge in [0.2, 0.25) is 0 Å². The average molecular weight is 259 g/mol. The molecule has 1 N–H and O–H groups in total. The third kappa shape index (κ3) is 2.34. The molecule has 1 heterocycles. The maximum Gasteiger partial charge on any atom is 0.125 e. The first kappa shape index (κ1) is 11.5. The summed E-state index contributed by atoms with van der Waals surface area (Å²) in [5.41, 5.74) is 1.65. The van der Waals surface area contributed by atoms with Crippen LogP contribution in [-0.4, -0.2) is 11.5 Å². The number of nitrogens with one attached hydrogen (secondary N) is 1. The molecule has 2 nitrogen and oxygen atoms in total. The summed E-state index contributed by atoms with van der Waals surface area (Å²) < 4.78 is 0. The molecule has 0 amide bonds. The molecular weight excluding hydrogens is 244 g/mol. The van der Waals surface area contributed by atoms with E-state index in [-0.39, 0.29) is 5.41 Å². The summed E-state index contributed by atoms with van der Waals surface area (Å²) in [5.74, 6) is 0.942. The molecule has 1 aliphatic rings. The van der Waals surface area contributed by atoms with Crippen LogP contribution in [0.15, 0.2) is 48.7 Å². The molecule has 1 aliphatic carbocycles. The van der Waals surface area contributed by atoms with Gasteiger partial charge >= 0.3 is 0 Å². The van der Waals surface area contributed by atoms with Gasteiger partial charge in [0.05, 0.1) is 0 Å². The minimum absolute atomic E-state index is 0.280. The van der Waals surface area contributed by atoms with E-state index >= 15 is 0 Å². The van der Waals surface area contributed by atoms with Gasteiger partial charge in [-0.25, -0.2) is 4.98 Å². The van der Waals surface area contributed by atoms with Crippen molar-refractivity contribution in [1.29, 1.82) is 0 Å². The standard InChI is InChI=1S/C15H15ClN2/c16-13-6-4-12(5-7-13)15(8-9-15)11-18-14-3-1-2-10-17-14/h1-7,10H,8-9,11H2,(H,17,18). The maximum absolute atomic E-state index is 5.93. The van der Waals surface area contributed by atoms with E-state index in [1.807, 2.05) is 36.5 Å². The van der Waals surface area contributed by atoms with Gasteiger partial charge in [-0.05, 0) is 42.7 Å². The van der Waals surface area contributed by atoms with E-state index < -0.39 is 0 Å². The fourth-order valence-electron chi connectivity index (χ4n) is 2.25. The van der Waals surface area contributed by atoms with E-state index in [0.29, 0.717) is 0 Å². The van der Waals surface area contributed by atoms with Crippen LogP contribution in [0.2, 0.25) is 5.02 Å². The van der Waals surface area contributed by atoms with Gasteiger partial charge < -0.3 is 5.32 Å². The van der Waals surface area contributed by atoms with E-state index in [2.05, 4.69) is 22.4 Å². The molecule has 1 aromatic heterocycles. The van der Waals surface area contributed by atoms with Crippen LogP contribution in [0.25, 0.3) is 0 Å². The molecule has 0 aliphatic heterocycles. The van der Waals surface area contributed by atoms with Crippen LogP contribution in [0, 0.1) is 0 Å². The summed E-state index contributed by atoms with van der Waals surface area (Å²) in [7, 11) is 0. The van der Waals surface area contributed by atoms with E-state index in [1.165, 1.54) is 18.4 Å². The first-order valence-electron chi connectivity index (χ1n) is 6.20. The van der Waals surface area contributed by atoms with Gasteiger partial charge in [-0.15, -0.1) is 0 Å². The maximum atomic E-state index is 5.93. The number of pyridine rings is 1. The predicted molar refractivity (Wildman–Crippen MR) is 75.1 cm³/mol. The van der Waals surface area contributed by atoms with Gasteiger partial charge in [-0.1, -0.05) is 29.8 Å². The van der Waals surface area contributed by atoms with Gasteiger partial charge in [0, 0.05) is 23.2 Å². The highest BCUT2D eigenvalue weighted by molar-refractivity contribution is 6.30. The highest BCUT2D eigenvalue weighted by Crippen LogP contribution is 2.48. The fraction of sp³-hybridized carbons (Fsp3) is 0.267. The molecule has 0 unspecified atom stereocenters. The van der Waals surface area contributed by atoms with Crippen molar-refractivity contribution in [3.8, 4) is 0 Å². The van der Waals surface area contributed by atoms with Gasteiger partial charge in [-0.3, -0.25) is 0 Å². The van der Waals surface area contributed by atoms with Crippen LogP contribution in [-0.2, 0) is 5.41 Å². The zero-order chi connectivity index (χ0) is 12.4. The van der Waals surface area contributed by atoms with E-state index in [1.54, 1.807) is 0 Å². The zero-order valence-corrected chi connectivity index (χ0v) is 10.8. The molecule has 92 valence electrons. The Hall–Kier alpha value is -1.54. The Morgan fingerprint density at radius 2 is 1.89 bits per heavy atom. The highest BCUT2D eigenvalue weighted by atomic mass is 35.5. The summed E-state index contributed by atoms with van der Waals surface area (Å²) in [6.45, 7) is 0.936. The normalized spacial score (nSPS) is 16.3. The predicted octanol–water partition coefficient (Wildman–Crippen LogP) is 3.88. The number of anilines is 1. The molecule has 1 saturated carbocycles. The molecule has 2 aromatic rings. The molecule has 0 bridgehead atoms. The molecular formula is C15H15ClN2. The van der Waals surface area contributed by atoms with Crippen LogP contribution in [0.1, 0.15) is 18.4 Å². The number of aromatic nitrogens is 1. The molecule has 0 radical (unpaired) electrons. The molecule has 0 saturated heterocycles. The lowest BCUT2D eigenvalue weighted by Crippen LogP contribution is -2.19. The van der Waals surface area contributed by atoms with Crippen LogP contribution < -0.4 is 5.32 Å². The van der Waals surface area contributed by atoms with E-state index in [9.17, 15) is 0 Å². The van der Waals surface area contributed by atoms with Crippen molar-refractivity contribution in [3.63, 3.8) is 0 Å². The summed E-state index contributed by atoms with van der Waals surface area (Å²) in [4.78, 5) is 4.29. The lowest BCUT2D eigenvalue weighted by Gasteiger charge is -2.17. The summed E-state index contributed by atoms with van der Waals surface area (Å²) in [6, 6.07) is 14.1. The lowest BCUT2D eigenvalue weighted by molar-refractivity contribution is 0.730. The Kier molecular flexibility index (Phi) is 2.96. The average Bonchev–Trinajstić information content (AvgIpc) is 3.20. The van der Waals surface area contributed by atoms with Crippen LogP contribution in [0.3, 0.4) is 0 Å². The van der Waals surface area contributed by atoms with Crippen molar-refractivity contribution in [2.24, 2.45) is 0 Å². The number of halogens is 1. The lowest BCUT2D eigenvalue weighted by atomic mass is 9.96. The number of hydrogen-bond acceptors (Lipinski definition) is 2.